The molecule has 2 aromatic rings. The highest BCUT2D eigenvalue weighted by molar-refractivity contribution is 5.95. The number of carbonyl (C=O) groups is 1. The maximum absolute atomic E-state index is 13.0. The van der Waals surface area contributed by atoms with E-state index in [1.54, 1.807) is 30.6 Å². The first-order chi connectivity index (χ1) is 13.2. The van der Waals surface area contributed by atoms with Crippen molar-refractivity contribution in [1.82, 2.24) is 9.88 Å². The largest absolute Gasteiger partial charge is 0.490 e. The summed E-state index contributed by atoms with van der Waals surface area (Å²) < 4.78 is 11.6. The first kappa shape index (κ1) is 19.2. The van der Waals surface area contributed by atoms with E-state index in [9.17, 15) is 4.79 Å². The van der Waals surface area contributed by atoms with Crippen LogP contribution in [-0.2, 0) is 6.61 Å². The van der Waals surface area contributed by atoms with Crippen molar-refractivity contribution >= 4 is 5.91 Å². The summed E-state index contributed by atoms with van der Waals surface area (Å²) in [6.45, 7) is 4.05. The SMILES string of the molecule is CCOc1cc(C(=O)N2CCCC[C@H]2CN)ccc1OCc1cccnc1. The predicted molar refractivity (Wildman–Crippen MR) is 104 cm³/mol. The van der Waals surface area contributed by atoms with Crippen LogP contribution >= 0.6 is 0 Å². The van der Waals surface area contributed by atoms with Gasteiger partial charge in [-0.2, -0.15) is 0 Å². The van der Waals surface area contributed by atoms with E-state index in [1.165, 1.54) is 0 Å². The number of benzene rings is 1. The van der Waals surface area contributed by atoms with Crippen LogP contribution in [0, 0.1) is 0 Å². The molecule has 0 spiro atoms. The second-order valence-electron chi connectivity index (χ2n) is 6.63. The highest BCUT2D eigenvalue weighted by atomic mass is 16.5. The Bertz CT molecular complexity index is 752. The van der Waals surface area contributed by atoms with Gasteiger partial charge in [-0.3, -0.25) is 9.78 Å². The van der Waals surface area contributed by atoms with Gasteiger partial charge < -0.3 is 20.1 Å². The minimum Gasteiger partial charge on any atom is -0.490 e. The third kappa shape index (κ3) is 4.77. The highest BCUT2D eigenvalue weighted by Gasteiger charge is 2.27. The summed E-state index contributed by atoms with van der Waals surface area (Å²) in [5.41, 5.74) is 7.44. The third-order valence-electron chi connectivity index (χ3n) is 4.77. The van der Waals surface area contributed by atoms with Gasteiger partial charge in [0.25, 0.3) is 5.91 Å². The number of piperidine rings is 1. The summed E-state index contributed by atoms with van der Waals surface area (Å²) in [6, 6.07) is 9.31. The number of amides is 1. The fourth-order valence-electron chi connectivity index (χ4n) is 3.35. The van der Waals surface area contributed by atoms with Crippen LogP contribution in [0.2, 0.25) is 0 Å². The number of hydrogen-bond donors (Lipinski definition) is 1. The van der Waals surface area contributed by atoms with Gasteiger partial charge in [-0.25, -0.2) is 0 Å². The fourth-order valence-corrected chi connectivity index (χ4v) is 3.35. The summed E-state index contributed by atoms with van der Waals surface area (Å²) in [4.78, 5) is 19.0. The molecule has 0 radical (unpaired) electrons. The van der Waals surface area contributed by atoms with Gasteiger partial charge in [0.15, 0.2) is 11.5 Å². The molecule has 2 N–H and O–H groups in total. The highest BCUT2D eigenvalue weighted by Crippen LogP contribution is 2.30. The van der Waals surface area contributed by atoms with Crippen LogP contribution in [-0.4, -0.2) is 41.5 Å². The Labute approximate surface area is 160 Å². The molecule has 6 heteroatoms. The zero-order chi connectivity index (χ0) is 19.1. The normalized spacial score (nSPS) is 16.8. The molecule has 27 heavy (non-hydrogen) atoms. The van der Waals surface area contributed by atoms with Crippen LogP contribution in [0.1, 0.15) is 42.1 Å². The maximum Gasteiger partial charge on any atom is 0.254 e. The first-order valence-electron chi connectivity index (χ1n) is 9.52. The van der Waals surface area contributed by atoms with E-state index < -0.39 is 0 Å². The average molecular weight is 369 g/mol. The summed E-state index contributed by atoms with van der Waals surface area (Å²) in [7, 11) is 0. The second kappa shape index (κ2) is 9.37. The molecule has 2 heterocycles. The Hall–Kier alpha value is -2.60. The molecule has 1 amide bonds. The lowest BCUT2D eigenvalue weighted by atomic mass is 10.0. The van der Waals surface area contributed by atoms with E-state index in [1.807, 2.05) is 24.0 Å². The van der Waals surface area contributed by atoms with Crippen molar-refractivity contribution in [3.05, 3.63) is 53.9 Å². The molecule has 1 aliphatic heterocycles. The predicted octanol–water partition coefficient (Wildman–Crippen LogP) is 3.01. The molecule has 3 rings (SSSR count). The molecule has 1 aliphatic rings. The van der Waals surface area contributed by atoms with Gasteiger partial charge in [0.05, 0.1) is 6.61 Å². The minimum atomic E-state index is 0.00455. The summed E-state index contributed by atoms with van der Waals surface area (Å²) in [5, 5.41) is 0. The molecule has 0 unspecified atom stereocenters. The van der Waals surface area contributed by atoms with Gasteiger partial charge in [-0.05, 0) is 50.5 Å². The third-order valence-corrected chi connectivity index (χ3v) is 4.77. The molecule has 1 aromatic heterocycles. The van der Waals surface area contributed by atoms with Crippen LogP contribution in [0.4, 0.5) is 0 Å². The molecule has 0 aliphatic carbocycles. The molecule has 0 bridgehead atoms. The zero-order valence-electron chi connectivity index (χ0n) is 15.8. The lowest BCUT2D eigenvalue weighted by Gasteiger charge is -2.35. The summed E-state index contributed by atoms with van der Waals surface area (Å²) in [6.07, 6.45) is 6.60. The molecular weight excluding hydrogens is 342 g/mol. The van der Waals surface area contributed by atoms with Crippen LogP contribution < -0.4 is 15.2 Å². The van der Waals surface area contributed by atoms with Crippen molar-refractivity contribution < 1.29 is 14.3 Å². The van der Waals surface area contributed by atoms with Crippen molar-refractivity contribution in [1.29, 1.82) is 0 Å². The Kier molecular flexibility index (Phi) is 6.65. The molecule has 1 fully saturated rings. The lowest BCUT2D eigenvalue weighted by Crippen LogP contribution is -2.47. The van der Waals surface area contributed by atoms with Crippen molar-refractivity contribution in [2.24, 2.45) is 5.73 Å². The standard InChI is InChI=1S/C21H27N3O3/c1-2-26-20-12-17(21(25)24-11-4-3-7-18(24)13-22)8-9-19(20)27-15-16-6-5-10-23-14-16/h5-6,8-10,12,14,18H,2-4,7,11,13,15,22H2,1H3/t18-/m0/s1. The van der Waals surface area contributed by atoms with Crippen LogP contribution in [0.3, 0.4) is 0 Å². The van der Waals surface area contributed by atoms with Crippen LogP contribution in [0.25, 0.3) is 0 Å². The summed E-state index contributed by atoms with van der Waals surface area (Å²) >= 11 is 0. The Balaban J connectivity index is 1.77. The average Bonchev–Trinajstić information content (AvgIpc) is 2.73. The van der Waals surface area contributed by atoms with E-state index in [4.69, 9.17) is 15.2 Å². The maximum atomic E-state index is 13.0. The monoisotopic (exact) mass is 369 g/mol. The summed E-state index contributed by atoms with van der Waals surface area (Å²) in [5.74, 6) is 1.20. The van der Waals surface area contributed by atoms with Crippen LogP contribution in [0.15, 0.2) is 42.7 Å². The molecule has 6 nitrogen and oxygen atoms in total. The molecule has 144 valence electrons. The fraction of sp³-hybridized carbons (Fsp3) is 0.429. The number of likely N-dealkylation sites (tertiary alicyclic amines) is 1. The number of nitrogens with zero attached hydrogens (tertiary/aromatic N) is 2. The number of nitrogens with two attached hydrogens (primary N) is 1. The van der Waals surface area contributed by atoms with E-state index in [0.717, 1.165) is 31.4 Å². The van der Waals surface area contributed by atoms with Crippen molar-refractivity contribution in [2.75, 3.05) is 19.7 Å². The van der Waals surface area contributed by atoms with Crippen molar-refractivity contribution in [3.8, 4) is 11.5 Å². The number of ether oxygens (including phenoxy) is 2. The Morgan fingerprint density at radius 2 is 2.15 bits per heavy atom. The molecular formula is C21H27N3O3. The molecule has 1 aromatic carbocycles. The van der Waals surface area contributed by atoms with E-state index in [-0.39, 0.29) is 11.9 Å². The van der Waals surface area contributed by atoms with E-state index in [2.05, 4.69) is 4.98 Å². The van der Waals surface area contributed by atoms with Gasteiger partial charge in [0.2, 0.25) is 0 Å². The number of hydrogen-bond acceptors (Lipinski definition) is 5. The molecule has 1 saturated heterocycles. The number of carbonyl (C=O) groups excluding carboxylic acids is 1. The van der Waals surface area contributed by atoms with E-state index >= 15 is 0 Å². The van der Waals surface area contributed by atoms with Crippen molar-refractivity contribution in [2.45, 2.75) is 38.8 Å². The van der Waals surface area contributed by atoms with Crippen molar-refractivity contribution in [3.63, 3.8) is 0 Å². The smallest absolute Gasteiger partial charge is 0.254 e. The van der Waals surface area contributed by atoms with Crippen LogP contribution in [0.5, 0.6) is 11.5 Å². The lowest BCUT2D eigenvalue weighted by molar-refractivity contribution is 0.0623. The number of rotatable bonds is 7. The van der Waals surface area contributed by atoms with Gasteiger partial charge in [0, 0.05) is 42.7 Å². The number of pyridine rings is 1. The molecule has 0 saturated carbocycles. The first-order valence-corrected chi connectivity index (χ1v) is 9.52. The quantitative estimate of drug-likeness (QED) is 0.812. The molecule has 1 atom stereocenters. The van der Waals surface area contributed by atoms with Gasteiger partial charge in [-0.1, -0.05) is 6.07 Å². The van der Waals surface area contributed by atoms with Gasteiger partial charge in [0.1, 0.15) is 6.61 Å². The van der Waals surface area contributed by atoms with Gasteiger partial charge in [-0.15, -0.1) is 0 Å². The van der Waals surface area contributed by atoms with E-state index in [0.29, 0.717) is 36.8 Å². The second-order valence-corrected chi connectivity index (χ2v) is 6.63. The zero-order valence-corrected chi connectivity index (χ0v) is 15.8. The topological polar surface area (TPSA) is 77.7 Å². The van der Waals surface area contributed by atoms with Gasteiger partial charge >= 0.3 is 0 Å². The minimum absolute atomic E-state index is 0.00455. The Morgan fingerprint density at radius 1 is 1.26 bits per heavy atom. The Morgan fingerprint density at radius 3 is 2.89 bits per heavy atom. The number of aromatic nitrogens is 1.